The van der Waals surface area contributed by atoms with E-state index in [1.807, 2.05) is 32.3 Å². The third-order valence-electron chi connectivity index (χ3n) is 7.36. The maximum Gasteiger partial charge on any atom is 0.247 e. The predicted molar refractivity (Wildman–Crippen MR) is 144 cm³/mol. The maximum atomic E-state index is 13.7. The summed E-state index contributed by atoms with van der Waals surface area (Å²) < 4.78 is 35.3. The van der Waals surface area contributed by atoms with Crippen molar-refractivity contribution in [1.82, 2.24) is 14.2 Å². The van der Waals surface area contributed by atoms with Crippen LogP contribution < -0.4 is 4.74 Å². The van der Waals surface area contributed by atoms with Gasteiger partial charge in [0.1, 0.15) is 16.7 Å². The minimum Gasteiger partial charge on any atom is -0.487 e. The summed E-state index contributed by atoms with van der Waals surface area (Å²) in [6.07, 6.45) is 9.31. The molecule has 8 heteroatoms. The summed E-state index contributed by atoms with van der Waals surface area (Å²) >= 11 is 0. The van der Waals surface area contributed by atoms with Crippen LogP contribution in [0.3, 0.4) is 0 Å². The highest BCUT2D eigenvalue weighted by Gasteiger charge is 2.38. The molecule has 1 aromatic carbocycles. The first kappa shape index (κ1) is 27.6. The average molecular weight is 526 g/mol. The standard InChI is InChI=1S/C29H39N3O4S/c1-22-18-32(23(2)21-33)37(34,35)29-14-13-25(12-11-24-8-5-4-6-9-24)16-27(29)36-28(22)20-31(3)19-26-10-7-15-30-17-26/h7,10,13-17,22-24,28,33H,4-6,8-9,18-21H2,1-3H3/t22-,23+,28-/m0/s1. The van der Waals surface area contributed by atoms with Crippen LogP contribution in [0.2, 0.25) is 0 Å². The fourth-order valence-corrected chi connectivity index (χ4v) is 6.95. The van der Waals surface area contributed by atoms with E-state index in [2.05, 4.69) is 21.7 Å². The van der Waals surface area contributed by atoms with E-state index in [0.29, 0.717) is 24.8 Å². The smallest absolute Gasteiger partial charge is 0.247 e. The van der Waals surface area contributed by atoms with E-state index in [0.717, 1.165) is 24.0 Å². The zero-order valence-electron chi connectivity index (χ0n) is 22.1. The third kappa shape index (κ3) is 6.91. The van der Waals surface area contributed by atoms with Gasteiger partial charge in [0.25, 0.3) is 0 Å². The number of sulfonamides is 1. The molecule has 0 bridgehead atoms. The summed E-state index contributed by atoms with van der Waals surface area (Å²) in [7, 11) is -1.83. The van der Waals surface area contributed by atoms with E-state index < -0.39 is 16.1 Å². The third-order valence-corrected chi connectivity index (χ3v) is 9.38. The zero-order chi connectivity index (χ0) is 26.4. The van der Waals surface area contributed by atoms with E-state index >= 15 is 0 Å². The monoisotopic (exact) mass is 525 g/mol. The van der Waals surface area contributed by atoms with Crippen molar-refractivity contribution in [1.29, 1.82) is 0 Å². The molecule has 0 radical (unpaired) electrons. The largest absolute Gasteiger partial charge is 0.487 e. The van der Waals surface area contributed by atoms with Crippen LogP contribution in [0.1, 0.15) is 57.1 Å². The Morgan fingerprint density at radius 1 is 1.24 bits per heavy atom. The van der Waals surface area contributed by atoms with Crippen LogP contribution in [-0.2, 0) is 16.6 Å². The Hall–Kier alpha value is -2.44. The Morgan fingerprint density at radius 3 is 2.73 bits per heavy atom. The molecule has 7 nitrogen and oxygen atoms in total. The van der Waals surface area contributed by atoms with Gasteiger partial charge in [-0.1, -0.05) is 44.1 Å². The van der Waals surface area contributed by atoms with Gasteiger partial charge in [-0.05, 0) is 56.6 Å². The number of fused-ring (bicyclic) bond motifs is 1. The fourth-order valence-electron chi connectivity index (χ4n) is 5.13. The predicted octanol–water partition coefficient (Wildman–Crippen LogP) is 3.91. The van der Waals surface area contributed by atoms with Gasteiger partial charge in [-0.25, -0.2) is 8.42 Å². The van der Waals surface area contributed by atoms with Crippen molar-refractivity contribution < 1.29 is 18.3 Å². The van der Waals surface area contributed by atoms with Gasteiger partial charge in [0.2, 0.25) is 10.0 Å². The SMILES string of the molecule is C[C@H](CO)N1C[C@H](C)[C@H](CN(C)Cc2cccnc2)Oc2cc(C#CC3CCCCC3)ccc2S1(=O)=O. The Kier molecular flexibility index (Phi) is 9.25. The van der Waals surface area contributed by atoms with Crippen LogP contribution >= 0.6 is 0 Å². The molecule has 37 heavy (non-hydrogen) atoms. The van der Waals surface area contributed by atoms with Crippen molar-refractivity contribution in [2.75, 3.05) is 26.7 Å². The van der Waals surface area contributed by atoms with Crippen LogP contribution in [-0.4, -0.2) is 66.6 Å². The number of likely N-dealkylation sites (N-methyl/N-ethyl adjacent to an activating group) is 1. The Bertz CT molecular complexity index is 1200. The van der Waals surface area contributed by atoms with Crippen LogP contribution in [0.4, 0.5) is 0 Å². The molecule has 0 spiro atoms. The number of benzene rings is 1. The second-order valence-corrected chi connectivity index (χ2v) is 12.4. The number of rotatable bonds is 6. The second-order valence-electron chi connectivity index (χ2n) is 10.6. The number of hydrogen-bond donors (Lipinski definition) is 1. The quantitative estimate of drug-likeness (QED) is 0.576. The van der Waals surface area contributed by atoms with Crippen molar-refractivity contribution >= 4 is 10.0 Å². The van der Waals surface area contributed by atoms with Gasteiger partial charge in [-0.3, -0.25) is 9.88 Å². The topological polar surface area (TPSA) is 83.0 Å². The minimum absolute atomic E-state index is 0.106. The molecule has 1 aliphatic heterocycles. The highest BCUT2D eigenvalue weighted by atomic mass is 32.2. The van der Waals surface area contributed by atoms with Gasteiger partial charge < -0.3 is 9.84 Å². The number of aromatic nitrogens is 1. The van der Waals surface area contributed by atoms with E-state index in [1.54, 1.807) is 31.3 Å². The van der Waals surface area contributed by atoms with Gasteiger partial charge in [0.05, 0.1) is 6.61 Å². The summed E-state index contributed by atoms with van der Waals surface area (Å²) in [5, 5.41) is 9.86. The van der Waals surface area contributed by atoms with E-state index in [4.69, 9.17) is 4.74 Å². The lowest BCUT2D eigenvalue weighted by molar-refractivity contribution is 0.0733. The number of hydrogen-bond acceptors (Lipinski definition) is 6. The summed E-state index contributed by atoms with van der Waals surface area (Å²) in [6, 6.07) is 8.57. The zero-order valence-corrected chi connectivity index (χ0v) is 23.0. The molecule has 2 aliphatic rings. The van der Waals surface area contributed by atoms with Crippen LogP contribution in [0.15, 0.2) is 47.6 Å². The molecule has 0 unspecified atom stereocenters. The molecule has 1 aromatic heterocycles. The van der Waals surface area contributed by atoms with Crippen LogP contribution in [0, 0.1) is 23.7 Å². The van der Waals surface area contributed by atoms with Gasteiger partial charge in [-0.15, -0.1) is 0 Å². The first-order valence-corrected chi connectivity index (χ1v) is 14.7. The number of ether oxygens (including phenoxy) is 1. The molecule has 2 aromatic rings. The molecule has 1 saturated carbocycles. The fraction of sp³-hybridized carbons (Fsp3) is 0.552. The summed E-state index contributed by atoms with van der Waals surface area (Å²) in [5.74, 6) is 7.30. The number of nitrogens with zero attached hydrogens (tertiary/aromatic N) is 3. The molecule has 1 N–H and O–H groups in total. The summed E-state index contributed by atoms with van der Waals surface area (Å²) in [5.41, 5.74) is 1.86. The molecule has 200 valence electrons. The summed E-state index contributed by atoms with van der Waals surface area (Å²) in [4.78, 5) is 6.50. The Balaban J connectivity index is 1.65. The molecule has 1 fully saturated rings. The minimum atomic E-state index is -3.86. The molecule has 3 atom stereocenters. The van der Waals surface area contributed by atoms with Gasteiger partial charge >= 0.3 is 0 Å². The van der Waals surface area contributed by atoms with Crippen molar-refractivity contribution in [3.05, 3.63) is 53.9 Å². The van der Waals surface area contributed by atoms with E-state index in [9.17, 15) is 13.5 Å². The highest BCUT2D eigenvalue weighted by molar-refractivity contribution is 7.89. The van der Waals surface area contributed by atoms with E-state index in [-0.39, 0.29) is 30.1 Å². The Labute approximate surface area is 221 Å². The van der Waals surface area contributed by atoms with Gasteiger partial charge in [0.15, 0.2) is 0 Å². The number of aliphatic hydroxyl groups excluding tert-OH is 1. The van der Waals surface area contributed by atoms with Crippen molar-refractivity contribution in [2.24, 2.45) is 11.8 Å². The molecule has 0 saturated heterocycles. The number of pyridine rings is 1. The molecular formula is C29H39N3O4S. The van der Waals surface area contributed by atoms with Crippen molar-refractivity contribution in [3.8, 4) is 17.6 Å². The highest BCUT2D eigenvalue weighted by Crippen LogP contribution is 2.34. The van der Waals surface area contributed by atoms with Gasteiger partial charge in [-0.2, -0.15) is 4.31 Å². The lowest BCUT2D eigenvalue weighted by Gasteiger charge is -2.37. The summed E-state index contributed by atoms with van der Waals surface area (Å²) in [6.45, 7) is 5.06. The normalized spacial score (nSPS) is 23.2. The van der Waals surface area contributed by atoms with E-state index in [1.165, 1.54) is 23.6 Å². The lowest BCUT2D eigenvalue weighted by Crippen LogP contribution is -2.49. The van der Waals surface area contributed by atoms with Crippen LogP contribution in [0.5, 0.6) is 5.75 Å². The molecule has 2 heterocycles. The second kappa shape index (κ2) is 12.4. The first-order valence-electron chi connectivity index (χ1n) is 13.3. The van der Waals surface area contributed by atoms with Gasteiger partial charge in [0, 0.05) is 55.5 Å². The molecule has 1 aliphatic carbocycles. The van der Waals surface area contributed by atoms with Crippen molar-refractivity contribution in [3.63, 3.8) is 0 Å². The molecule has 4 rings (SSSR count). The number of aliphatic hydroxyl groups is 1. The molecular weight excluding hydrogens is 486 g/mol. The van der Waals surface area contributed by atoms with Crippen LogP contribution in [0.25, 0.3) is 0 Å². The molecule has 0 amide bonds. The maximum absolute atomic E-state index is 13.7. The first-order chi connectivity index (χ1) is 17.8. The Morgan fingerprint density at radius 2 is 2.03 bits per heavy atom. The van der Waals surface area contributed by atoms with Crippen molar-refractivity contribution in [2.45, 2.75) is 69.5 Å². The lowest BCUT2D eigenvalue weighted by atomic mass is 9.90. The average Bonchev–Trinajstić information content (AvgIpc) is 2.90.